The maximum absolute atomic E-state index is 12.1. The predicted molar refractivity (Wildman–Crippen MR) is 80.9 cm³/mol. The Kier molecular flexibility index (Phi) is 5.73. The number of benzene rings is 1. The molecule has 0 aliphatic heterocycles. The molecule has 1 aromatic rings. The van der Waals surface area contributed by atoms with E-state index in [1.807, 2.05) is 6.07 Å². The molecule has 20 heavy (non-hydrogen) atoms. The SMILES string of the molecule is CC(C)(CCC(=O)O)NS(=O)(=O)Cc1ccccc1Br. The van der Waals surface area contributed by atoms with Crippen LogP contribution in [-0.2, 0) is 20.6 Å². The first kappa shape index (κ1) is 17.1. The van der Waals surface area contributed by atoms with Crippen molar-refractivity contribution in [1.82, 2.24) is 4.72 Å². The first-order chi connectivity index (χ1) is 9.11. The molecule has 7 heteroatoms. The van der Waals surface area contributed by atoms with Crippen LogP contribution in [0.15, 0.2) is 28.7 Å². The summed E-state index contributed by atoms with van der Waals surface area (Å²) in [6.45, 7) is 3.35. The van der Waals surface area contributed by atoms with Gasteiger partial charge in [0.1, 0.15) is 0 Å². The van der Waals surface area contributed by atoms with Gasteiger partial charge in [0, 0.05) is 16.4 Å². The molecule has 0 fully saturated rings. The molecule has 0 atom stereocenters. The molecule has 0 aliphatic rings. The highest BCUT2D eigenvalue weighted by Gasteiger charge is 2.26. The molecule has 2 N–H and O–H groups in total. The lowest BCUT2D eigenvalue weighted by molar-refractivity contribution is -0.137. The number of halogens is 1. The molecule has 0 saturated heterocycles. The van der Waals surface area contributed by atoms with Crippen molar-refractivity contribution in [1.29, 1.82) is 0 Å². The Morgan fingerprint density at radius 1 is 1.35 bits per heavy atom. The number of hydrogen-bond acceptors (Lipinski definition) is 3. The Morgan fingerprint density at radius 2 is 1.95 bits per heavy atom. The Labute approximate surface area is 127 Å². The summed E-state index contributed by atoms with van der Waals surface area (Å²) in [6, 6.07) is 7.09. The van der Waals surface area contributed by atoms with Crippen LogP contribution >= 0.6 is 15.9 Å². The zero-order valence-corrected chi connectivity index (χ0v) is 13.8. The van der Waals surface area contributed by atoms with Crippen molar-refractivity contribution in [2.45, 2.75) is 38.0 Å². The van der Waals surface area contributed by atoms with E-state index in [0.29, 0.717) is 5.56 Å². The molecule has 0 heterocycles. The summed E-state index contributed by atoms with van der Waals surface area (Å²) >= 11 is 3.31. The highest BCUT2D eigenvalue weighted by molar-refractivity contribution is 9.10. The predicted octanol–water partition coefficient (Wildman–Crippen LogP) is 2.51. The lowest BCUT2D eigenvalue weighted by Gasteiger charge is -2.25. The monoisotopic (exact) mass is 363 g/mol. The molecule has 0 bridgehead atoms. The molecule has 5 nitrogen and oxygen atoms in total. The summed E-state index contributed by atoms with van der Waals surface area (Å²) in [4.78, 5) is 10.6. The van der Waals surface area contributed by atoms with E-state index in [0.717, 1.165) is 4.47 Å². The van der Waals surface area contributed by atoms with Gasteiger partial charge in [-0.1, -0.05) is 34.1 Å². The molecule has 0 saturated carbocycles. The summed E-state index contributed by atoms with van der Waals surface area (Å²) < 4.78 is 27.5. The van der Waals surface area contributed by atoms with Crippen LogP contribution in [0.1, 0.15) is 32.3 Å². The fourth-order valence-electron chi connectivity index (χ4n) is 1.75. The van der Waals surface area contributed by atoms with Crippen LogP contribution < -0.4 is 4.72 Å². The molecular formula is C13H18BrNO4S. The van der Waals surface area contributed by atoms with Crippen molar-refractivity contribution < 1.29 is 18.3 Å². The van der Waals surface area contributed by atoms with E-state index < -0.39 is 21.5 Å². The number of rotatable bonds is 7. The van der Waals surface area contributed by atoms with Crippen LogP contribution in [0.2, 0.25) is 0 Å². The number of aliphatic carboxylic acids is 1. The third-order valence-electron chi connectivity index (χ3n) is 2.70. The van der Waals surface area contributed by atoms with Gasteiger partial charge < -0.3 is 5.11 Å². The molecular weight excluding hydrogens is 346 g/mol. The van der Waals surface area contributed by atoms with E-state index in [-0.39, 0.29) is 18.6 Å². The van der Waals surface area contributed by atoms with Gasteiger partial charge in [0.05, 0.1) is 5.75 Å². The van der Waals surface area contributed by atoms with Gasteiger partial charge in [0.2, 0.25) is 10.0 Å². The molecule has 0 spiro atoms. The second-order valence-corrected chi connectivity index (χ2v) is 7.81. The lowest BCUT2D eigenvalue weighted by Crippen LogP contribution is -2.44. The maximum atomic E-state index is 12.1. The van der Waals surface area contributed by atoms with Gasteiger partial charge in [0.25, 0.3) is 0 Å². The molecule has 0 aromatic heterocycles. The van der Waals surface area contributed by atoms with Crippen molar-refractivity contribution in [2.75, 3.05) is 0 Å². The fraction of sp³-hybridized carbons (Fsp3) is 0.462. The maximum Gasteiger partial charge on any atom is 0.303 e. The Morgan fingerprint density at radius 3 is 2.50 bits per heavy atom. The van der Waals surface area contributed by atoms with Gasteiger partial charge in [-0.15, -0.1) is 0 Å². The smallest absolute Gasteiger partial charge is 0.303 e. The van der Waals surface area contributed by atoms with Gasteiger partial charge in [-0.2, -0.15) is 0 Å². The van der Waals surface area contributed by atoms with Crippen LogP contribution in [-0.4, -0.2) is 25.0 Å². The van der Waals surface area contributed by atoms with Gasteiger partial charge in [-0.05, 0) is 31.9 Å². The number of carboxylic acid groups (broad SMARTS) is 1. The van der Waals surface area contributed by atoms with Crippen molar-refractivity contribution in [3.63, 3.8) is 0 Å². The van der Waals surface area contributed by atoms with Crippen molar-refractivity contribution >= 4 is 31.9 Å². The standard InChI is InChI=1S/C13H18BrNO4S/c1-13(2,8-7-12(16)17)15-20(18,19)9-10-5-3-4-6-11(10)14/h3-6,15H,7-9H2,1-2H3,(H,16,17). The van der Waals surface area contributed by atoms with E-state index in [9.17, 15) is 13.2 Å². The minimum atomic E-state index is -3.54. The zero-order chi connectivity index (χ0) is 15.4. The zero-order valence-electron chi connectivity index (χ0n) is 11.4. The summed E-state index contributed by atoms with van der Waals surface area (Å²) in [7, 11) is -3.54. The first-order valence-corrected chi connectivity index (χ1v) is 8.53. The Bertz CT molecular complexity index is 584. The average molecular weight is 364 g/mol. The fourth-order valence-corrected chi connectivity index (χ4v) is 4.04. The Balaban J connectivity index is 2.75. The molecule has 0 aliphatic carbocycles. The number of nitrogens with one attached hydrogen (secondary N) is 1. The molecule has 0 unspecified atom stereocenters. The molecule has 0 amide bonds. The molecule has 1 aromatic carbocycles. The number of sulfonamides is 1. The van der Waals surface area contributed by atoms with E-state index in [1.165, 1.54) is 0 Å². The van der Waals surface area contributed by atoms with Crippen molar-refractivity contribution in [3.8, 4) is 0 Å². The normalized spacial score (nSPS) is 12.3. The van der Waals surface area contributed by atoms with Gasteiger partial charge >= 0.3 is 5.97 Å². The molecule has 0 radical (unpaired) electrons. The number of carbonyl (C=O) groups is 1. The highest BCUT2D eigenvalue weighted by Crippen LogP contribution is 2.20. The van der Waals surface area contributed by atoms with Crippen LogP contribution in [0.25, 0.3) is 0 Å². The second kappa shape index (κ2) is 6.69. The topological polar surface area (TPSA) is 83.5 Å². The second-order valence-electron chi connectivity index (χ2n) is 5.23. The highest BCUT2D eigenvalue weighted by atomic mass is 79.9. The molecule has 112 valence electrons. The first-order valence-electron chi connectivity index (χ1n) is 6.08. The summed E-state index contributed by atoms with van der Waals surface area (Å²) in [5.41, 5.74) is -0.132. The van der Waals surface area contributed by atoms with E-state index in [2.05, 4.69) is 20.7 Å². The van der Waals surface area contributed by atoms with E-state index in [1.54, 1.807) is 32.0 Å². The third-order valence-corrected chi connectivity index (χ3v) is 5.03. The van der Waals surface area contributed by atoms with Gasteiger partial charge in [-0.3, -0.25) is 4.79 Å². The largest absolute Gasteiger partial charge is 0.481 e. The minimum Gasteiger partial charge on any atom is -0.481 e. The number of carboxylic acids is 1. The average Bonchev–Trinajstić information content (AvgIpc) is 2.28. The molecule has 1 rings (SSSR count). The van der Waals surface area contributed by atoms with Crippen LogP contribution in [0.4, 0.5) is 0 Å². The third kappa shape index (κ3) is 6.02. The van der Waals surface area contributed by atoms with Gasteiger partial charge in [0.15, 0.2) is 0 Å². The van der Waals surface area contributed by atoms with E-state index >= 15 is 0 Å². The van der Waals surface area contributed by atoms with Crippen LogP contribution in [0, 0.1) is 0 Å². The minimum absolute atomic E-state index is 0.0788. The quantitative estimate of drug-likeness (QED) is 0.779. The van der Waals surface area contributed by atoms with Crippen molar-refractivity contribution in [3.05, 3.63) is 34.3 Å². The van der Waals surface area contributed by atoms with Crippen molar-refractivity contribution in [2.24, 2.45) is 0 Å². The summed E-state index contributed by atoms with van der Waals surface area (Å²) in [6.07, 6.45) is 0.155. The lowest BCUT2D eigenvalue weighted by atomic mass is 10.0. The van der Waals surface area contributed by atoms with Gasteiger partial charge in [-0.25, -0.2) is 13.1 Å². The van der Waals surface area contributed by atoms with E-state index in [4.69, 9.17) is 5.11 Å². The van der Waals surface area contributed by atoms with Crippen LogP contribution in [0.3, 0.4) is 0 Å². The van der Waals surface area contributed by atoms with Crippen LogP contribution in [0.5, 0.6) is 0 Å². The summed E-state index contributed by atoms with van der Waals surface area (Å²) in [5, 5.41) is 8.66. The Hall–Kier alpha value is -0.920. The number of hydrogen-bond donors (Lipinski definition) is 2. The summed E-state index contributed by atoms with van der Waals surface area (Å²) in [5.74, 6) is -1.09.